The highest BCUT2D eigenvalue weighted by molar-refractivity contribution is 6.35. The zero-order chi connectivity index (χ0) is 13.7. The summed E-state index contributed by atoms with van der Waals surface area (Å²) in [6.07, 6.45) is 0. The molecule has 2 N–H and O–H groups in total. The fraction of sp³-hybridized carbons (Fsp3) is 0.462. The molecule has 1 aromatic carbocycles. The molecular weight excluding hydrogens is 271 g/mol. The maximum absolute atomic E-state index is 11.8. The highest BCUT2D eigenvalue weighted by atomic mass is 35.5. The molecule has 0 radical (unpaired) electrons. The Morgan fingerprint density at radius 1 is 1.28 bits per heavy atom. The van der Waals surface area contributed by atoms with Gasteiger partial charge in [0.2, 0.25) is 5.91 Å². The SMILES string of the molecule is CC(C)CNC(=O)C(C)Nc1cc(Cl)ccc1Cl. The standard InChI is InChI=1S/C13H18Cl2N2O/c1-8(2)7-16-13(18)9(3)17-12-6-10(14)4-5-11(12)15/h4-6,8-9,17H,7H2,1-3H3,(H,16,18). The van der Waals surface area contributed by atoms with Crippen LogP contribution >= 0.6 is 23.2 Å². The van der Waals surface area contributed by atoms with Crippen molar-refractivity contribution in [2.24, 2.45) is 5.92 Å². The van der Waals surface area contributed by atoms with Gasteiger partial charge in [0.05, 0.1) is 10.7 Å². The molecule has 0 saturated carbocycles. The Balaban J connectivity index is 2.60. The van der Waals surface area contributed by atoms with Crippen LogP contribution in [0.3, 0.4) is 0 Å². The Labute approximate surface area is 118 Å². The average Bonchev–Trinajstić information content (AvgIpc) is 2.30. The van der Waals surface area contributed by atoms with Crippen molar-refractivity contribution >= 4 is 34.8 Å². The predicted molar refractivity (Wildman–Crippen MR) is 77.4 cm³/mol. The van der Waals surface area contributed by atoms with Crippen LogP contribution in [-0.4, -0.2) is 18.5 Å². The van der Waals surface area contributed by atoms with Crippen LogP contribution in [0.5, 0.6) is 0 Å². The molecule has 0 aliphatic carbocycles. The number of amides is 1. The zero-order valence-electron chi connectivity index (χ0n) is 10.8. The molecular formula is C13H18Cl2N2O. The molecule has 0 spiro atoms. The predicted octanol–water partition coefficient (Wildman–Crippen LogP) is 3.57. The highest BCUT2D eigenvalue weighted by Gasteiger charge is 2.14. The fourth-order valence-corrected chi connectivity index (χ4v) is 1.71. The summed E-state index contributed by atoms with van der Waals surface area (Å²) in [5, 5.41) is 7.03. The third-order valence-electron chi connectivity index (χ3n) is 2.38. The van der Waals surface area contributed by atoms with Crippen LogP contribution in [0.2, 0.25) is 10.0 Å². The molecule has 0 aliphatic rings. The Bertz CT molecular complexity index is 421. The van der Waals surface area contributed by atoms with Gasteiger partial charge in [-0.25, -0.2) is 0 Å². The minimum absolute atomic E-state index is 0.0558. The lowest BCUT2D eigenvalue weighted by Gasteiger charge is -2.17. The first-order chi connectivity index (χ1) is 8.40. The summed E-state index contributed by atoms with van der Waals surface area (Å²) in [5.41, 5.74) is 0.663. The molecule has 0 aromatic heterocycles. The van der Waals surface area contributed by atoms with Gasteiger partial charge < -0.3 is 10.6 Å². The Hall–Kier alpha value is -0.930. The van der Waals surface area contributed by atoms with Gasteiger partial charge in [0.1, 0.15) is 6.04 Å². The van der Waals surface area contributed by atoms with Crippen LogP contribution < -0.4 is 10.6 Å². The molecule has 100 valence electrons. The van der Waals surface area contributed by atoms with Crippen molar-refractivity contribution < 1.29 is 4.79 Å². The number of benzene rings is 1. The van der Waals surface area contributed by atoms with Crippen LogP contribution in [0.15, 0.2) is 18.2 Å². The third-order valence-corrected chi connectivity index (χ3v) is 2.94. The number of hydrogen-bond acceptors (Lipinski definition) is 2. The van der Waals surface area contributed by atoms with Gasteiger partial charge in [-0.15, -0.1) is 0 Å². The molecule has 3 nitrogen and oxygen atoms in total. The first-order valence-electron chi connectivity index (χ1n) is 5.89. The first kappa shape index (κ1) is 15.1. The lowest BCUT2D eigenvalue weighted by atomic mass is 10.2. The van der Waals surface area contributed by atoms with E-state index in [0.717, 1.165) is 0 Å². The molecule has 1 atom stereocenters. The minimum Gasteiger partial charge on any atom is -0.373 e. The van der Waals surface area contributed by atoms with Gasteiger partial charge in [0, 0.05) is 11.6 Å². The summed E-state index contributed by atoms with van der Waals surface area (Å²) in [4.78, 5) is 11.8. The monoisotopic (exact) mass is 288 g/mol. The smallest absolute Gasteiger partial charge is 0.242 e. The van der Waals surface area contributed by atoms with Crippen molar-refractivity contribution in [3.05, 3.63) is 28.2 Å². The van der Waals surface area contributed by atoms with E-state index in [4.69, 9.17) is 23.2 Å². The molecule has 5 heteroatoms. The van der Waals surface area contributed by atoms with Gasteiger partial charge in [-0.05, 0) is 31.0 Å². The normalized spacial score (nSPS) is 12.3. The van der Waals surface area contributed by atoms with Crippen LogP contribution in [0.25, 0.3) is 0 Å². The first-order valence-corrected chi connectivity index (χ1v) is 6.65. The molecule has 0 fully saturated rings. The van der Waals surface area contributed by atoms with Crippen molar-refractivity contribution in [3.63, 3.8) is 0 Å². The van der Waals surface area contributed by atoms with Gasteiger partial charge in [-0.2, -0.15) is 0 Å². The summed E-state index contributed by atoms with van der Waals surface area (Å²) in [7, 11) is 0. The lowest BCUT2D eigenvalue weighted by Crippen LogP contribution is -2.39. The molecule has 18 heavy (non-hydrogen) atoms. The summed E-state index contributed by atoms with van der Waals surface area (Å²) < 4.78 is 0. The number of carbonyl (C=O) groups is 1. The summed E-state index contributed by atoms with van der Waals surface area (Å²) in [5.74, 6) is 0.371. The van der Waals surface area contributed by atoms with Crippen molar-refractivity contribution in [2.45, 2.75) is 26.8 Å². The number of anilines is 1. The van der Waals surface area contributed by atoms with E-state index in [1.807, 2.05) is 13.8 Å². The van der Waals surface area contributed by atoms with Gasteiger partial charge >= 0.3 is 0 Å². The fourth-order valence-electron chi connectivity index (χ4n) is 1.36. The van der Waals surface area contributed by atoms with E-state index in [-0.39, 0.29) is 11.9 Å². The van der Waals surface area contributed by atoms with Crippen molar-refractivity contribution in [2.75, 3.05) is 11.9 Å². The zero-order valence-corrected chi connectivity index (χ0v) is 12.3. The lowest BCUT2D eigenvalue weighted by molar-refractivity contribution is -0.121. The van der Waals surface area contributed by atoms with E-state index >= 15 is 0 Å². The van der Waals surface area contributed by atoms with E-state index in [1.165, 1.54) is 0 Å². The number of halogens is 2. The minimum atomic E-state index is -0.361. The number of hydrogen-bond donors (Lipinski definition) is 2. The molecule has 0 aliphatic heterocycles. The van der Waals surface area contributed by atoms with Crippen LogP contribution in [0, 0.1) is 5.92 Å². The second kappa shape index (κ2) is 6.86. The van der Waals surface area contributed by atoms with Gasteiger partial charge in [-0.3, -0.25) is 4.79 Å². The molecule has 1 amide bonds. The second-order valence-corrected chi connectivity index (χ2v) is 5.47. The van der Waals surface area contributed by atoms with E-state index < -0.39 is 0 Å². The average molecular weight is 289 g/mol. The summed E-state index contributed by atoms with van der Waals surface area (Å²) in [6.45, 7) is 6.54. The maximum Gasteiger partial charge on any atom is 0.242 e. The van der Waals surface area contributed by atoms with Gasteiger partial charge in [-0.1, -0.05) is 37.0 Å². The highest BCUT2D eigenvalue weighted by Crippen LogP contribution is 2.25. The summed E-state index contributed by atoms with van der Waals surface area (Å²) >= 11 is 11.9. The van der Waals surface area contributed by atoms with E-state index in [0.29, 0.717) is 28.2 Å². The van der Waals surface area contributed by atoms with E-state index in [9.17, 15) is 4.79 Å². The van der Waals surface area contributed by atoms with E-state index in [2.05, 4.69) is 10.6 Å². The van der Waals surface area contributed by atoms with Crippen molar-refractivity contribution in [3.8, 4) is 0 Å². The third kappa shape index (κ3) is 4.75. The number of nitrogens with one attached hydrogen (secondary N) is 2. The molecule has 0 saturated heterocycles. The van der Waals surface area contributed by atoms with E-state index in [1.54, 1.807) is 25.1 Å². The maximum atomic E-state index is 11.8. The molecule has 1 aromatic rings. The quantitative estimate of drug-likeness (QED) is 0.870. The molecule has 1 unspecified atom stereocenters. The summed E-state index contributed by atoms with van der Waals surface area (Å²) in [6, 6.07) is 4.75. The van der Waals surface area contributed by atoms with Crippen LogP contribution in [-0.2, 0) is 4.79 Å². The molecule has 0 heterocycles. The number of carbonyl (C=O) groups excluding carboxylic acids is 1. The molecule has 0 bridgehead atoms. The molecule has 1 rings (SSSR count). The largest absolute Gasteiger partial charge is 0.373 e. The topological polar surface area (TPSA) is 41.1 Å². The number of rotatable bonds is 5. The van der Waals surface area contributed by atoms with Gasteiger partial charge in [0.15, 0.2) is 0 Å². The van der Waals surface area contributed by atoms with Crippen molar-refractivity contribution in [1.82, 2.24) is 5.32 Å². The Kier molecular flexibility index (Phi) is 5.76. The van der Waals surface area contributed by atoms with Gasteiger partial charge in [0.25, 0.3) is 0 Å². The van der Waals surface area contributed by atoms with Crippen LogP contribution in [0.4, 0.5) is 5.69 Å². The Morgan fingerprint density at radius 3 is 2.56 bits per heavy atom. The van der Waals surface area contributed by atoms with Crippen LogP contribution in [0.1, 0.15) is 20.8 Å². The second-order valence-electron chi connectivity index (χ2n) is 4.63. The van der Waals surface area contributed by atoms with Crippen molar-refractivity contribution in [1.29, 1.82) is 0 Å². The Morgan fingerprint density at radius 2 is 1.94 bits per heavy atom.